The highest BCUT2D eigenvalue weighted by Crippen LogP contribution is 2.34. The van der Waals surface area contributed by atoms with E-state index in [4.69, 9.17) is 9.84 Å². The van der Waals surface area contributed by atoms with E-state index in [0.29, 0.717) is 29.9 Å². The second-order valence-corrected chi connectivity index (χ2v) is 8.86. The Hall–Kier alpha value is -4.18. The first-order valence-corrected chi connectivity index (χ1v) is 11.9. The Balaban J connectivity index is 1.51. The highest BCUT2D eigenvalue weighted by atomic mass is 19.4. The van der Waals surface area contributed by atoms with Crippen molar-refractivity contribution in [2.45, 2.75) is 32.1 Å². The molecule has 38 heavy (non-hydrogen) atoms. The SMILES string of the molecule is C[C@@H](NC(=O)c1cncc(C2=CCOCC2)c1)c1ccc(-c2cc(C(F)(F)F)ccc2CNC(=O)O)cc1. The Morgan fingerprint density at radius 2 is 1.84 bits per heavy atom. The summed E-state index contributed by atoms with van der Waals surface area (Å²) in [5.74, 6) is -0.302. The smallest absolute Gasteiger partial charge is 0.416 e. The summed E-state index contributed by atoms with van der Waals surface area (Å²) in [6.45, 7) is 2.80. The maximum Gasteiger partial charge on any atom is 0.416 e. The molecule has 1 atom stereocenters. The van der Waals surface area contributed by atoms with Crippen LogP contribution in [0.15, 0.2) is 67.0 Å². The number of hydrogen-bond donors (Lipinski definition) is 3. The van der Waals surface area contributed by atoms with E-state index in [9.17, 15) is 22.8 Å². The molecule has 1 aliphatic heterocycles. The van der Waals surface area contributed by atoms with Crippen LogP contribution in [0.2, 0.25) is 0 Å². The molecule has 4 rings (SSSR count). The second-order valence-electron chi connectivity index (χ2n) is 8.86. The number of carbonyl (C=O) groups excluding carboxylic acids is 1. The fourth-order valence-electron chi connectivity index (χ4n) is 4.19. The highest BCUT2D eigenvalue weighted by Gasteiger charge is 2.31. The van der Waals surface area contributed by atoms with Crippen molar-refractivity contribution in [2.24, 2.45) is 0 Å². The fraction of sp³-hybridized carbons (Fsp3) is 0.250. The van der Waals surface area contributed by atoms with Crippen LogP contribution in [-0.4, -0.2) is 35.3 Å². The third-order valence-electron chi connectivity index (χ3n) is 6.27. The summed E-state index contributed by atoms with van der Waals surface area (Å²) in [6.07, 6.45) is 0.106. The molecule has 1 aromatic heterocycles. The van der Waals surface area contributed by atoms with Crippen LogP contribution in [0, 0.1) is 0 Å². The third kappa shape index (κ3) is 6.57. The van der Waals surface area contributed by atoms with E-state index in [1.807, 2.05) is 6.08 Å². The van der Waals surface area contributed by atoms with Gasteiger partial charge in [0.2, 0.25) is 0 Å². The Morgan fingerprint density at radius 3 is 2.50 bits per heavy atom. The molecule has 0 aliphatic carbocycles. The van der Waals surface area contributed by atoms with E-state index in [0.717, 1.165) is 35.3 Å². The van der Waals surface area contributed by atoms with Crippen LogP contribution >= 0.6 is 0 Å². The van der Waals surface area contributed by atoms with Crippen molar-refractivity contribution in [3.8, 4) is 11.1 Å². The number of benzene rings is 2. The van der Waals surface area contributed by atoms with Crippen molar-refractivity contribution in [3.05, 3.63) is 94.8 Å². The van der Waals surface area contributed by atoms with Crippen LogP contribution in [0.1, 0.15) is 52.0 Å². The molecule has 2 aromatic carbocycles. The van der Waals surface area contributed by atoms with E-state index >= 15 is 0 Å². The number of amides is 2. The Bertz CT molecular complexity index is 1350. The number of carbonyl (C=O) groups is 2. The van der Waals surface area contributed by atoms with Gasteiger partial charge in [0.1, 0.15) is 0 Å². The summed E-state index contributed by atoms with van der Waals surface area (Å²) < 4.78 is 45.3. The molecule has 0 unspecified atom stereocenters. The molecule has 0 saturated carbocycles. The van der Waals surface area contributed by atoms with Gasteiger partial charge in [0.25, 0.3) is 5.91 Å². The molecule has 0 radical (unpaired) electrons. The molecule has 0 bridgehead atoms. The van der Waals surface area contributed by atoms with Gasteiger partial charge in [0.15, 0.2) is 0 Å². The average Bonchev–Trinajstić information content (AvgIpc) is 2.92. The van der Waals surface area contributed by atoms with Crippen LogP contribution in [0.4, 0.5) is 18.0 Å². The molecule has 0 fully saturated rings. The Kier molecular flexibility index (Phi) is 8.11. The molecule has 2 amide bonds. The monoisotopic (exact) mass is 525 g/mol. The van der Waals surface area contributed by atoms with E-state index in [1.165, 1.54) is 12.3 Å². The number of nitrogens with one attached hydrogen (secondary N) is 2. The first-order chi connectivity index (χ1) is 18.1. The lowest BCUT2D eigenvalue weighted by Crippen LogP contribution is -2.26. The second kappa shape index (κ2) is 11.5. The van der Waals surface area contributed by atoms with E-state index in [-0.39, 0.29) is 18.0 Å². The summed E-state index contributed by atoms with van der Waals surface area (Å²) in [5, 5.41) is 14.0. The number of hydrogen-bond acceptors (Lipinski definition) is 4. The summed E-state index contributed by atoms with van der Waals surface area (Å²) in [6, 6.07) is 11.3. The predicted octanol–water partition coefficient (Wildman–Crippen LogP) is 5.83. The van der Waals surface area contributed by atoms with Crippen molar-refractivity contribution >= 4 is 17.6 Å². The molecular formula is C28H26F3N3O4. The summed E-state index contributed by atoms with van der Waals surface area (Å²) in [4.78, 5) is 28.0. The van der Waals surface area contributed by atoms with Crippen LogP contribution in [-0.2, 0) is 17.5 Å². The molecule has 0 spiro atoms. The molecule has 198 valence electrons. The molecule has 1 aliphatic rings. The normalized spacial score (nSPS) is 14.4. The van der Waals surface area contributed by atoms with E-state index in [2.05, 4.69) is 15.6 Å². The Morgan fingerprint density at radius 1 is 1.08 bits per heavy atom. The number of nitrogens with zero attached hydrogens (tertiary/aromatic N) is 1. The molecule has 3 aromatic rings. The van der Waals surface area contributed by atoms with Crippen molar-refractivity contribution < 1.29 is 32.6 Å². The molecule has 2 heterocycles. The number of rotatable bonds is 7. The lowest BCUT2D eigenvalue weighted by Gasteiger charge is -2.17. The average molecular weight is 526 g/mol. The van der Waals surface area contributed by atoms with Gasteiger partial charge in [-0.15, -0.1) is 0 Å². The van der Waals surface area contributed by atoms with Gasteiger partial charge in [0, 0.05) is 18.9 Å². The van der Waals surface area contributed by atoms with E-state index in [1.54, 1.807) is 43.5 Å². The molecule has 10 heteroatoms. The standard InChI is InChI=1S/C28H26F3N3O4/c1-17(34-26(35)23-12-22(14-32-15-23)19-8-10-38-11-9-19)18-2-4-20(5-3-18)25-13-24(28(29,30)31)7-6-21(25)16-33-27(36)37/h2-8,12-15,17,33H,9-11,16H2,1H3,(H,34,35)(H,36,37)/t17-/m1/s1. The largest absolute Gasteiger partial charge is 0.465 e. The van der Waals surface area contributed by atoms with Crippen LogP contribution in [0.5, 0.6) is 0 Å². The van der Waals surface area contributed by atoms with Gasteiger partial charge in [-0.3, -0.25) is 9.78 Å². The molecule has 3 N–H and O–H groups in total. The zero-order valence-electron chi connectivity index (χ0n) is 20.5. The predicted molar refractivity (Wildman–Crippen MR) is 135 cm³/mol. The minimum atomic E-state index is -4.54. The molecule has 0 saturated heterocycles. The van der Waals surface area contributed by atoms with Crippen molar-refractivity contribution in [1.82, 2.24) is 15.6 Å². The van der Waals surface area contributed by atoms with Gasteiger partial charge in [-0.1, -0.05) is 36.4 Å². The third-order valence-corrected chi connectivity index (χ3v) is 6.27. The minimum absolute atomic E-state index is 0.145. The quantitative estimate of drug-likeness (QED) is 0.360. The molecular weight excluding hydrogens is 499 g/mol. The Labute approximate surface area is 217 Å². The topological polar surface area (TPSA) is 101 Å². The van der Waals surface area contributed by atoms with Crippen LogP contribution in [0.25, 0.3) is 16.7 Å². The van der Waals surface area contributed by atoms with Crippen molar-refractivity contribution in [3.63, 3.8) is 0 Å². The number of carboxylic acid groups (broad SMARTS) is 1. The van der Waals surface area contributed by atoms with Gasteiger partial charge in [-0.2, -0.15) is 13.2 Å². The zero-order chi connectivity index (χ0) is 27.3. The summed E-state index contributed by atoms with van der Waals surface area (Å²) in [5.41, 5.74) is 3.43. The number of ether oxygens (including phenoxy) is 1. The zero-order valence-corrected chi connectivity index (χ0v) is 20.5. The minimum Gasteiger partial charge on any atom is -0.465 e. The van der Waals surface area contributed by atoms with Crippen LogP contribution < -0.4 is 10.6 Å². The molecule has 7 nitrogen and oxygen atoms in total. The van der Waals surface area contributed by atoms with Crippen molar-refractivity contribution in [2.75, 3.05) is 13.2 Å². The lowest BCUT2D eigenvalue weighted by atomic mass is 9.95. The first kappa shape index (κ1) is 26.9. The highest BCUT2D eigenvalue weighted by molar-refractivity contribution is 5.95. The van der Waals surface area contributed by atoms with Gasteiger partial charge >= 0.3 is 12.3 Å². The maximum atomic E-state index is 13.3. The maximum absolute atomic E-state index is 13.3. The van der Waals surface area contributed by atoms with Gasteiger partial charge in [-0.05, 0) is 64.9 Å². The van der Waals surface area contributed by atoms with Crippen LogP contribution in [0.3, 0.4) is 0 Å². The number of alkyl halides is 3. The van der Waals surface area contributed by atoms with Crippen molar-refractivity contribution in [1.29, 1.82) is 0 Å². The van der Waals surface area contributed by atoms with Gasteiger partial charge in [-0.25, -0.2) is 4.79 Å². The summed E-state index contributed by atoms with van der Waals surface area (Å²) >= 11 is 0. The van der Waals surface area contributed by atoms with E-state index < -0.39 is 23.9 Å². The summed E-state index contributed by atoms with van der Waals surface area (Å²) in [7, 11) is 0. The lowest BCUT2D eigenvalue weighted by molar-refractivity contribution is -0.137. The number of pyridine rings is 1. The fourth-order valence-corrected chi connectivity index (χ4v) is 4.19. The number of aromatic nitrogens is 1. The van der Waals surface area contributed by atoms with Gasteiger partial charge in [0.05, 0.1) is 30.4 Å². The first-order valence-electron chi connectivity index (χ1n) is 11.9. The number of halogens is 3. The van der Waals surface area contributed by atoms with Gasteiger partial charge < -0.3 is 20.5 Å².